The fraction of sp³-hybridized carbons (Fsp3) is 0.471. The molecule has 19 heavy (non-hydrogen) atoms. The van der Waals surface area contributed by atoms with Gasteiger partial charge in [0, 0.05) is 0 Å². The van der Waals surface area contributed by atoms with Crippen LogP contribution in [-0.2, 0) is 9.53 Å². The third kappa shape index (κ3) is 3.95. The topological polar surface area (TPSA) is 26.3 Å². The van der Waals surface area contributed by atoms with E-state index in [1.54, 1.807) is 0 Å². The molecule has 0 spiro atoms. The van der Waals surface area contributed by atoms with Crippen molar-refractivity contribution in [2.45, 2.75) is 33.6 Å². The molecule has 2 unspecified atom stereocenters. The number of rotatable bonds is 6. The number of benzene rings is 1. The maximum atomic E-state index is 11.8. The van der Waals surface area contributed by atoms with Crippen LogP contribution in [0.25, 0.3) is 5.57 Å². The van der Waals surface area contributed by atoms with Gasteiger partial charge < -0.3 is 4.74 Å². The molecule has 0 heterocycles. The first-order valence-electron chi connectivity index (χ1n) is 6.95. The fourth-order valence-corrected chi connectivity index (χ4v) is 2.56. The van der Waals surface area contributed by atoms with Gasteiger partial charge in [0.1, 0.15) is 0 Å². The molecule has 0 bridgehead atoms. The highest BCUT2D eigenvalue weighted by Gasteiger charge is 2.27. The third-order valence-electron chi connectivity index (χ3n) is 3.59. The molecule has 2 atom stereocenters. The Labute approximate surface area is 116 Å². The summed E-state index contributed by atoms with van der Waals surface area (Å²) >= 11 is 0. The van der Waals surface area contributed by atoms with Crippen molar-refractivity contribution in [3.05, 3.63) is 42.0 Å². The molecule has 0 aliphatic heterocycles. The molecule has 0 aromatic heterocycles. The van der Waals surface area contributed by atoms with E-state index in [1.807, 2.05) is 32.0 Å². The first-order chi connectivity index (χ1) is 9.15. The molecule has 104 valence electrons. The molecule has 1 aromatic carbocycles. The summed E-state index contributed by atoms with van der Waals surface area (Å²) in [6, 6.07) is 10.3. The SMILES string of the molecule is C/C=C(\c1ccccc1)C(CCC)C(C)C(=O)OC. The summed E-state index contributed by atoms with van der Waals surface area (Å²) < 4.78 is 4.90. The van der Waals surface area contributed by atoms with Crippen molar-refractivity contribution in [1.29, 1.82) is 0 Å². The standard InChI is InChI=1S/C17H24O2/c1-5-10-16(13(3)17(18)19-4)15(6-2)14-11-8-7-9-12-14/h6-9,11-13,16H,5,10H2,1-4H3/b15-6+. The Morgan fingerprint density at radius 1 is 1.32 bits per heavy atom. The van der Waals surface area contributed by atoms with Crippen LogP contribution in [0.1, 0.15) is 39.2 Å². The first kappa shape index (κ1) is 15.5. The summed E-state index contributed by atoms with van der Waals surface area (Å²) in [7, 11) is 1.46. The van der Waals surface area contributed by atoms with Crippen LogP contribution < -0.4 is 0 Å². The van der Waals surface area contributed by atoms with Crippen LogP contribution in [0.4, 0.5) is 0 Å². The summed E-state index contributed by atoms with van der Waals surface area (Å²) in [5, 5.41) is 0. The molecule has 2 nitrogen and oxygen atoms in total. The molecule has 0 aliphatic rings. The Kier molecular flexibility index (Phi) is 6.34. The highest BCUT2D eigenvalue weighted by atomic mass is 16.5. The Hall–Kier alpha value is -1.57. The molecule has 0 aliphatic carbocycles. The molecule has 0 saturated carbocycles. The lowest BCUT2D eigenvalue weighted by molar-refractivity contribution is -0.146. The van der Waals surface area contributed by atoms with E-state index in [-0.39, 0.29) is 17.8 Å². The van der Waals surface area contributed by atoms with Crippen LogP contribution in [0.5, 0.6) is 0 Å². The molecule has 0 radical (unpaired) electrons. The molecule has 0 fully saturated rings. The maximum absolute atomic E-state index is 11.8. The van der Waals surface area contributed by atoms with Crippen molar-refractivity contribution in [1.82, 2.24) is 0 Å². The highest BCUT2D eigenvalue weighted by molar-refractivity contribution is 5.77. The van der Waals surface area contributed by atoms with Crippen molar-refractivity contribution in [2.75, 3.05) is 7.11 Å². The summed E-state index contributed by atoms with van der Waals surface area (Å²) in [6.07, 6.45) is 4.16. The van der Waals surface area contributed by atoms with Gasteiger partial charge in [0.15, 0.2) is 0 Å². The minimum absolute atomic E-state index is 0.114. The number of carbonyl (C=O) groups is 1. The number of allylic oxidation sites excluding steroid dienone is 2. The zero-order chi connectivity index (χ0) is 14.3. The number of hydrogen-bond acceptors (Lipinski definition) is 2. The van der Waals surface area contributed by atoms with Crippen LogP contribution in [-0.4, -0.2) is 13.1 Å². The van der Waals surface area contributed by atoms with Gasteiger partial charge in [-0.2, -0.15) is 0 Å². The van der Waals surface area contributed by atoms with Crippen LogP contribution in [0.3, 0.4) is 0 Å². The average molecular weight is 260 g/mol. The van der Waals surface area contributed by atoms with E-state index in [4.69, 9.17) is 4.74 Å². The predicted octanol–water partition coefficient (Wildman–Crippen LogP) is 4.32. The predicted molar refractivity (Wildman–Crippen MR) is 79.7 cm³/mol. The monoisotopic (exact) mass is 260 g/mol. The molecule has 0 N–H and O–H groups in total. The second kappa shape index (κ2) is 7.78. The van der Waals surface area contributed by atoms with Gasteiger partial charge in [-0.1, -0.05) is 56.7 Å². The second-order valence-electron chi connectivity index (χ2n) is 4.82. The smallest absolute Gasteiger partial charge is 0.308 e. The Balaban J connectivity index is 3.06. The van der Waals surface area contributed by atoms with Crippen molar-refractivity contribution < 1.29 is 9.53 Å². The third-order valence-corrected chi connectivity index (χ3v) is 3.59. The quantitative estimate of drug-likeness (QED) is 0.712. The van der Waals surface area contributed by atoms with Crippen molar-refractivity contribution in [2.24, 2.45) is 11.8 Å². The maximum Gasteiger partial charge on any atom is 0.308 e. The number of esters is 1. The highest BCUT2D eigenvalue weighted by Crippen LogP contribution is 2.33. The van der Waals surface area contributed by atoms with E-state index >= 15 is 0 Å². The zero-order valence-corrected chi connectivity index (χ0v) is 12.3. The van der Waals surface area contributed by atoms with Crippen LogP contribution in [0, 0.1) is 11.8 Å². The van der Waals surface area contributed by atoms with E-state index in [9.17, 15) is 4.79 Å². The van der Waals surface area contributed by atoms with E-state index in [0.717, 1.165) is 12.8 Å². The lowest BCUT2D eigenvalue weighted by atomic mass is 9.80. The van der Waals surface area contributed by atoms with Crippen molar-refractivity contribution >= 4 is 11.5 Å². The molecule has 1 aromatic rings. The Morgan fingerprint density at radius 2 is 1.95 bits per heavy atom. The summed E-state index contributed by atoms with van der Waals surface area (Å²) in [5.41, 5.74) is 2.43. The van der Waals surface area contributed by atoms with E-state index in [0.29, 0.717) is 0 Å². The molecule has 1 rings (SSSR count). The van der Waals surface area contributed by atoms with Gasteiger partial charge in [-0.25, -0.2) is 0 Å². The molecule has 0 amide bonds. The van der Waals surface area contributed by atoms with Gasteiger partial charge in [0.2, 0.25) is 0 Å². The normalized spacial score (nSPS) is 14.8. The van der Waals surface area contributed by atoms with Crippen molar-refractivity contribution in [3.8, 4) is 0 Å². The lowest BCUT2D eigenvalue weighted by Gasteiger charge is -2.25. The zero-order valence-electron chi connectivity index (χ0n) is 12.3. The molecule has 2 heteroatoms. The number of hydrogen-bond donors (Lipinski definition) is 0. The van der Waals surface area contributed by atoms with Gasteiger partial charge in [-0.05, 0) is 30.4 Å². The van der Waals surface area contributed by atoms with Gasteiger partial charge in [0.25, 0.3) is 0 Å². The van der Waals surface area contributed by atoms with Crippen LogP contribution in [0.2, 0.25) is 0 Å². The summed E-state index contributed by atoms with van der Waals surface area (Å²) in [5.74, 6) is -0.0325. The number of carbonyl (C=O) groups excluding carboxylic acids is 1. The Bertz CT molecular complexity index is 420. The van der Waals surface area contributed by atoms with Crippen LogP contribution in [0.15, 0.2) is 36.4 Å². The van der Waals surface area contributed by atoms with E-state index in [1.165, 1.54) is 18.2 Å². The van der Waals surface area contributed by atoms with Gasteiger partial charge in [-0.3, -0.25) is 4.79 Å². The summed E-state index contributed by atoms with van der Waals surface area (Å²) in [6.45, 7) is 6.14. The van der Waals surface area contributed by atoms with E-state index in [2.05, 4.69) is 25.1 Å². The van der Waals surface area contributed by atoms with Crippen molar-refractivity contribution in [3.63, 3.8) is 0 Å². The van der Waals surface area contributed by atoms with Gasteiger partial charge in [-0.15, -0.1) is 0 Å². The average Bonchev–Trinajstić information content (AvgIpc) is 2.46. The summed E-state index contributed by atoms with van der Waals surface area (Å²) in [4.78, 5) is 11.8. The van der Waals surface area contributed by atoms with Crippen LogP contribution >= 0.6 is 0 Å². The van der Waals surface area contributed by atoms with Gasteiger partial charge in [0.05, 0.1) is 13.0 Å². The number of ether oxygens (including phenoxy) is 1. The Morgan fingerprint density at radius 3 is 2.42 bits per heavy atom. The largest absolute Gasteiger partial charge is 0.469 e. The second-order valence-corrected chi connectivity index (χ2v) is 4.82. The minimum Gasteiger partial charge on any atom is -0.469 e. The fourth-order valence-electron chi connectivity index (χ4n) is 2.56. The molecular formula is C17H24O2. The van der Waals surface area contributed by atoms with Gasteiger partial charge >= 0.3 is 5.97 Å². The molecule has 0 saturated heterocycles. The first-order valence-corrected chi connectivity index (χ1v) is 6.95. The minimum atomic E-state index is -0.131. The number of methoxy groups -OCH3 is 1. The van der Waals surface area contributed by atoms with E-state index < -0.39 is 0 Å². The molecular weight excluding hydrogens is 236 g/mol. The lowest BCUT2D eigenvalue weighted by Crippen LogP contribution is -2.23.